The highest BCUT2D eigenvalue weighted by atomic mass is 32.2. The highest BCUT2D eigenvalue weighted by Gasteiger charge is 2.34. The van der Waals surface area contributed by atoms with Crippen LogP contribution in [0, 0.1) is 20.8 Å². The van der Waals surface area contributed by atoms with Crippen molar-refractivity contribution in [3.63, 3.8) is 0 Å². The van der Waals surface area contributed by atoms with Crippen LogP contribution in [0.4, 0.5) is 0 Å². The largest absolute Gasteiger partial charge is 0.480 e. The van der Waals surface area contributed by atoms with Gasteiger partial charge in [0.05, 0.1) is 5.75 Å². The maximum Gasteiger partial charge on any atom is 0.321 e. The Morgan fingerprint density at radius 1 is 1.22 bits per heavy atom. The van der Waals surface area contributed by atoms with Gasteiger partial charge in [-0.15, -0.1) is 0 Å². The highest BCUT2D eigenvalue weighted by Crippen LogP contribution is 2.23. The fourth-order valence-corrected chi connectivity index (χ4v) is 3.12. The number of benzene rings is 1. The van der Waals surface area contributed by atoms with Crippen LogP contribution in [0.15, 0.2) is 12.1 Å². The summed E-state index contributed by atoms with van der Waals surface area (Å²) in [7, 11) is -1.44. The van der Waals surface area contributed by atoms with Crippen molar-refractivity contribution in [3.05, 3.63) is 34.4 Å². The summed E-state index contributed by atoms with van der Waals surface area (Å²) in [6.07, 6.45) is 0. The van der Waals surface area contributed by atoms with Crippen LogP contribution in [0.25, 0.3) is 0 Å². The number of carboxylic acids is 1. The number of aliphatic carboxylic acids is 1. The predicted molar refractivity (Wildman–Crippen MR) is 74.2 cm³/mol. The molecule has 1 atom stereocenters. The zero-order chi connectivity index (χ0) is 14.1. The first-order valence-corrected chi connectivity index (χ1v) is 7.16. The van der Waals surface area contributed by atoms with E-state index in [-0.39, 0.29) is 5.75 Å². The van der Waals surface area contributed by atoms with Crippen molar-refractivity contribution < 1.29 is 14.1 Å². The predicted octanol–water partition coefficient (Wildman–Crippen LogP) is 2.72. The normalized spacial score (nSPS) is 13.4. The smallest absolute Gasteiger partial charge is 0.321 e. The van der Waals surface area contributed by atoms with Gasteiger partial charge in [0.1, 0.15) is 4.75 Å². The molecule has 0 saturated heterocycles. The van der Waals surface area contributed by atoms with Gasteiger partial charge < -0.3 is 5.11 Å². The minimum atomic E-state index is -1.44. The third-order valence-electron chi connectivity index (χ3n) is 3.20. The molecule has 0 spiro atoms. The zero-order valence-electron chi connectivity index (χ0n) is 11.5. The lowest BCUT2D eigenvalue weighted by atomic mass is 10.0. The van der Waals surface area contributed by atoms with E-state index in [1.165, 1.54) is 13.8 Å². The van der Waals surface area contributed by atoms with Gasteiger partial charge in [-0.25, -0.2) is 0 Å². The first-order chi connectivity index (χ1) is 8.16. The summed E-state index contributed by atoms with van der Waals surface area (Å²) >= 11 is 0. The molecule has 1 aromatic carbocycles. The summed E-state index contributed by atoms with van der Waals surface area (Å²) in [4.78, 5) is 11.1. The second kappa shape index (κ2) is 5.22. The van der Waals surface area contributed by atoms with Crippen molar-refractivity contribution in [1.29, 1.82) is 0 Å². The molecular weight excluding hydrogens is 248 g/mol. The molecule has 0 aliphatic rings. The Bertz CT molecular complexity index is 481. The van der Waals surface area contributed by atoms with Crippen molar-refractivity contribution >= 4 is 16.8 Å². The third-order valence-corrected chi connectivity index (χ3v) is 5.06. The van der Waals surface area contributed by atoms with Crippen LogP contribution in [0.1, 0.15) is 36.1 Å². The van der Waals surface area contributed by atoms with Crippen LogP contribution < -0.4 is 0 Å². The summed E-state index contributed by atoms with van der Waals surface area (Å²) < 4.78 is 11.0. The van der Waals surface area contributed by atoms with E-state index in [4.69, 9.17) is 5.11 Å². The summed E-state index contributed by atoms with van der Waals surface area (Å²) in [5.74, 6) is -0.736. The quantitative estimate of drug-likeness (QED) is 0.913. The zero-order valence-corrected chi connectivity index (χ0v) is 12.4. The SMILES string of the molecule is Cc1cc(C)c(CS(=O)C(C)(C)C(=O)O)c(C)c1. The first-order valence-electron chi connectivity index (χ1n) is 5.85. The molecule has 0 aromatic heterocycles. The van der Waals surface area contributed by atoms with Crippen LogP contribution in [0.2, 0.25) is 0 Å². The van der Waals surface area contributed by atoms with Gasteiger partial charge in [0.2, 0.25) is 0 Å². The van der Waals surface area contributed by atoms with E-state index in [9.17, 15) is 9.00 Å². The lowest BCUT2D eigenvalue weighted by Crippen LogP contribution is -2.37. The van der Waals surface area contributed by atoms with E-state index >= 15 is 0 Å². The molecule has 0 aliphatic heterocycles. The summed E-state index contributed by atoms with van der Waals surface area (Å²) in [6, 6.07) is 4.07. The van der Waals surface area contributed by atoms with Crippen LogP contribution >= 0.6 is 0 Å². The second-order valence-electron chi connectivity index (χ2n) is 5.18. The van der Waals surface area contributed by atoms with Crippen molar-refractivity contribution in [3.8, 4) is 0 Å². The van der Waals surface area contributed by atoms with Gasteiger partial charge >= 0.3 is 5.97 Å². The van der Waals surface area contributed by atoms with Crippen molar-refractivity contribution in [2.75, 3.05) is 0 Å². The fourth-order valence-electron chi connectivity index (χ4n) is 1.85. The molecule has 0 heterocycles. The standard InChI is InChI=1S/C14H20O3S/c1-9-6-10(2)12(11(3)7-9)8-18(17)14(4,5)13(15)16/h6-7H,8H2,1-5H3,(H,15,16). The second-order valence-corrected chi connectivity index (χ2v) is 7.18. The Morgan fingerprint density at radius 3 is 2.06 bits per heavy atom. The first kappa shape index (κ1) is 14.9. The Hall–Kier alpha value is -1.16. The maximum atomic E-state index is 12.2. The molecule has 4 heteroatoms. The Kier molecular flexibility index (Phi) is 4.32. The van der Waals surface area contributed by atoms with Crippen LogP contribution in [0.3, 0.4) is 0 Å². The molecule has 0 amide bonds. The Morgan fingerprint density at radius 2 is 1.67 bits per heavy atom. The number of carbonyl (C=O) groups is 1. The van der Waals surface area contributed by atoms with Gasteiger partial charge in [-0.1, -0.05) is 17.7 Å². The minimum Gasteiger partial charge on any atom is -0.480 e. The number of aryl methyl sites for hydroxylation is 3. The van der Waals surface area contributed by atoms with Gasteiger partial charge in [-0.3, -0.25) is 9.00 Å². The third kappa shape index (κ3) is 2.99. The van der Waals surface area contributed by atoms with Crippen LogP contribution in [-0.2, 0) is 21.3 Å². The molecule has 0 fully saturated rings. The monoisotopic (exact) mass is 268 g/mol. The van der Waals surface area contributed by atoms with E-state index in [1.807, 2.05) is 32.9 Å². The molecular formula is C14H20O3S. The molecule has 0 saturated carbocycles. The van der Waals surface area contributed by atoms with E-state index in [0.29, 0.717) is 0 Å². The van der Waals surface area contributed by atoms with E-state index in [0.717, 1.165) is 22.3 Å². The fraction of sp³-hybridized carbons (Fsp3) is 0.500. The molecule has 1 unspecified atom stereocenters. The molecule has 0 bridgehead atoms. The van der Waals surface area contributed by atoms with E-state index in [1.54, 1.807) is 0 Å². The minimum absolute atomic E-state index is 0.289. The Labute approximate surface area is 111 Å². The summed E-state index contributed by atoms with van der Waals surface area (Å²) in [5, 5.41) is 9.08. The molecule has 0 aliphatic carbocycles. The maximum absolute atomic E-state index is 12.2. The van der Waals surface area contributed by atoms with Crippen molar-refractivity contribution in [2.45, 2.75) is 45.1 Å². The van der Waals surface area contributed by atoms with Gasteiger partial charge in [-0.2, -0.15) is 0 Å². The van der Waals surface area contributed by atoms with E-state index < -0.39 is 21.5 Å². The topological polar surface area (TPSA) is 54.4 Å². The number of carboxylic acid groups (broad SMARTS) is 1. The Balaban J connectivity index is 3.07. The van der Waals surface area contributed by atoms with Crippen LogP contribution in [0.5, 0.6) is 0 Å². The molecule has 0 radical (unpaired) electrons. The molecule has 100 valence electrons. The van der Waals surface area contributed by atoms with Gasteiger partial charge in [0.25, 0.3) is 0 Å². The van der Waals surface area contributed by atoms with Gasteiger partial charge in [-0.05, 0) is 51.3 Å². The van der Waals surface area contributed by atoms with Crippen molar-refractivity contribution in [2.24, 2.45) is 0 Å². The molecule has 3 nitrogen and oxygen atoms in total. The molecule has 1 N–H and O–H groups in total. The molecule has 18 heavy (non-hydrogen) atoms. The highest BCUT2D eigenvalue weighted by molar-refractivity contribution is 7.86. The number of hydrogen-bond acceptors (Lipinski definition) is 2. The summed E-state index contributed by atoms with van der Waals surface area (Å²) in [6.45, 7) is 8.97. The number of hydrogen-bond donors (Lipinski definition) is 1. The van der Waals surface area contributed by atoms with Gasteiger partial charge in [0.15, 0.2) is 0 Å². The molecule has 1 aromatic rings. The lowest BCUT2D eigenvalue weighted by Gasteiger charge is -2.20. The van der Waals surface area contributed by atoms with E-state index in [2.05, 4.69) is 0 Å². The average Bonchev–Trinajstić information content (AvgIpc) is 2.22. The summed E-state index contributed by atoms with van der Waals surface area (Å²) in [5.41, 5.74) is 4.30. The molecule has 1 rings (SSSR count). The van der Waals surface area contributed by atoms with Gasteiger partial charge in [0, 0.05) is 10.8 Å². The van der Waals surface area contributed by atoms with Crippen molar-refractivity contribution in [1.82, 2.24) is 0 Å². The van der Waals surface area contributed by atoms with Crippen LogP contribution in [-0.4, -0.2) is 20.0 Å². The lowest BCUT2D eigenvalue weighted by molar-refractivity contribution is -0.139. The average molecular weight is 268 g/mol. The number of rotatable bonds is 4.